The first-order valence-corrected chi connectivity index (χ1v) is 28.3. The Morgan fingerprint density at radius 1 is 0.463 bits per heavy atom. The molecule has 5 aliphatic rings. The van der Waals surface area contributed by atoms with E-state index in [1.807, 2.05) is 0 Å². The molecule has 2 saturated carbocycles. The van der Waals surface area contributed by atoms with E-state index in [0.717, 1.165) is 22.3 Å². The van der Waals surface area contributed by atoms with Gasteiger partial charge in [-0.2, -0.15) is 0 Å². The predicted molar refractivity (Wildman–Crippen MR) is 208 cm³/mol. The van der Waals surface area contributed by atoms with Crippen molar-refractivity contribution in [3.05, 3.63) is 129 Å². The summed E-state index contributed by atoms with van der Waals surface area (Å²) in [5.41, 5.74) is 10.9. The van der Waals surface area contributed by atoms with Gasteiger partial charge < -0.3 is 0 Å². The van der Waals surface area contributed by atoms with Gasteiger partial charge in [0.25, 0.3) is 0 Å². The minimum atomic E-state index is -4.38. The molecular formula is C45H44Cl2F6Hf. The molecule has 4 aromatic rings. The van der Waals surface area contributed by atoms with Crippen LogP contribution in [0.4, 0.5) is 26.3 Å². The summed E-state index contributed by atoms with van der Waals surface area (Å²) in [6.07, 6.45) is 7.16. The van der Waals surface area contributed by atoms with Crippen LogP contribution in [0.15, 0.2) is 96.1 Å². The van der Waals surface area contributed by atoms with Crippen molar-refractivity contribution in [2.45, 2.75) is 85.8 Å². The van der Waals surface area contributed by atoms with E-state index in [2.05, 4.69) is 48.6 Å². The van der Waals surface area contributed by atoms with Crippen molar-refractivity contribution < 1.29 is 46.3 Å². The Labute approximate surface area is 330 Å². The number of halogens is 8. The van der Waals surface area contributed by atoms with Crippen molar-refractivity contribution in [3.8, 4) is 22.3 Å². The first-order valence-electron chi connectivity index (χ1n) is 19.1. The molecule has 3 fully saturated rings. The molecule has 1 heterocycles. The van der Waals surface area contributed by atoms with E-state index >= 15 is 0 Å². The van der Waals surface area contributed by atoms with Crippen molar-refractivity contribution in [3.63, 3.8) is 0 Å². The molecule has 0 radical (unpaired) electrons. The Balaban J connectivity index is 0.00000225. The normalized spacial score (nSPS) is 22.1. The zero-order chi connectivity index (χ0) is 35.8. The molecule has 1 aliphatic heterocycles. The van der Waals surface area contributed by atoms with Crippen LogP contribution in [-0.2, 0) is 32.3 Å². The number of hydrogen-bond acceptors (Lipinski definition) is 0. The van der Waals surface area contributed by atoms with Crippen molar-refractivity contribution in [2.75, 3.05) is 0 Å². The van der Waals surface area contributed by atoms with Crippen LogP contribution in [0.2, 0.25) is 8.35 Å². The molecular weight excluding hydrogens is 904 g/mol. The van der Waals surface area contributed by atoms with Crippen LogP contribution in [0, 0.1) is 11.8 Å². The Hall–Kier alpha value is -2.61. The third-order valence-corrected chi connectivity index (χ3v) is 35.4. The summed E-state index contributed by atoms with van der Waals surface area (Å²) in [6.45, 7) is 0. The number of allylic oxidation sites excluding steroid dienone is 2. The average molecular weight is 948 g/mol. The topological polar surface area (TPSA) is 0 Å². The van der Waals surface area contributed by atoms with Crippen LogP contribution in [0.25, 0.3) is 34.4 Å². The van der Waals surface area contributed by atoms with Crippen LogP contribution in [0.5, 0.6) is 0 Å². The zero-order valence-corrected chi connectivity index (χ0v) is 35.1. The summed E-state index contributed by atoms with van der Waals surface area (Å²) in [5, 5.41) is 0. The van der Waals surface area contributed by atoms with Gasteiger partial charge in [-0.25, -0.2) is 0 Å². The molecule has 9 rings (SSSR count). The molecule has 0 bridgehead atoms. The standard InChI is InChI=1S/2C21H18F3.C3H6.2ClH.Hf/c2*22-21(23,24)18-10-8-15(9-11-18)19-7-3-6-16-12-17(13-20(16)19)14-4-1-2-5-14;1-3-2;;;/h2*3,6-14H,1-2,4-5H2;1-3H2;2*1H;. The molecule has 284 valence electrons. The summed E-state index contributed by atoms with van der Waals surface area (Å²) in [5.74, 6) is 1.07. The van der Waals surface area contributed by atoms with E-state index in [9.17, 15) is 26.3 Å². The molecule has 0 amide bonds. The monoisotopic (exact) mass is 948 g/mol. The predicted octanol–water partition coefficient (Wildman–Crippen LogP) is 15.3. The minimum absolute atomic E-state index is 0. The number of fused-ring (bicyclic) bond motifs is 2. The average Bonchev–Trinajstić information content (AvgIpc) is 3.94. The third kappa shape index (κ3) is 6.70. The van der Waals surface area contributed by atoms with E-state index in [-0.39, 0.29) is 24.8 Å². The fourth-order valence-corrected chi connectivity index (χ4v) is 33.7. The summed E-state index contributed by atoms with van der Waals surface area (Å²) >= 11 is -3.47. The molecule has 4 aromatic carbocycles. The van der Waals surface area contributed by atoms with Gasteiger partial charge in [0.2, 0.25) is 0 Å². The first-order chi connectivity index (χ1) is 25.0. The second-order valence-corrected chi connectivity index (χ2v) is 32.6. The van der Waals surface area contributed by atoms with E-state index in [4.69, 9.17) is 0 Å². The molecule has 0 N–H and O–H groups in total. The molecule has 9 heteroatoms. The molecule has 0 nitrogen and oxygen atoms in total. The molecule has 0 aromatic heterocycles. The maximum atomic E-state index is 13.5. The summed E-state index contributed by atoms with van der Waals surface area (Å²) in [6, 6.07) is 24.5. The van der Waals surface area contributed by atoms with Crippen LogP contribution in [0.3, 0.4) is 0 Å². The van der Waals surface area contributed by atoms with Crippen molar-refractivity contribution in [1.29, 1.82) is 0 Å². The quantitative estimate of drug-likeness (QED) is 0.133. The van der Waals surface area contributed by atoms with Crippen molar-refractivity contribution in [1.82, 2.24) is 0 Å². The molecule has 2 atom stereocenters. The van der Waals surface area contributed by atoms with Gasteiger partial charge in [-0.05, 0) is 0 Å². The molecule has 4 aliphatic carbocycles. The van der Waals surface area contributed by atoms with E-state index < -0.39 is 43.4 Å². The Morgan fingerprint density at radius 2 is 0.833 bits per heavy atom. The fourth-order valence-electron chi connectivity index (χ4n) is 10.9. The number of rotatable bonds is 6. The van der Waals surface area contributed by atoms with Gasteiger partial charge in [-0.3, -0.25) is 0 Å². The van der Waals surface area contributed by atoms with Crippen LogP contribution in [0.1, 0.15) is 98.5 Å². The number of benzene rings is 4. The molecule has 54 heavy (non-hydrogen) atoms. The van der Waals surface area contributed by atoms with Crippen LogP contribution in [-0.4, -0.2) is 0 Å². The first kappa shape index (κ1) is 39.6. The number of hydrogen-bond donors (Lipinski definition) is 0. The van der Waals surface area contributed by atoms with Gasteiger partial charge >= 0.3 is 308 Å². The molecule has 2 unspecified atom stereocenters. The molecule has 0 spiro atoms. The van der Waals surface area contributed by atoms with Gasteiger partial charge in [0, 0.05) is 0 Å². The SMILES string of the molecule is Cl.Cl.FC(F)(F)c1ccc(-c2cccc3c2C=C(C2CCCC2)[CH]3[Hf]2([CH]3C(C4CCCC4)=Cc4c(-c5ccc(C(F)(F)F)cc5)cccc43)[CH2]C[CH2]2)cc1. The second-order valence-electron chi connectivity index (χ2n) is 16.0. The van der Waals surface area contributed by atoms with Gasteiger partial charge in [-0.1, -0.05) is 0 Å². The van der Waals surface area contributed by atoms with Gasteiger partial charge in [-0.15, -0.1) is 24.8 Å². The maximum absolute atomic E-state index is 13.5. The summed E-state index contributed by atoms with van der Waals surface area (Å²) in [4.78, 5) is 0. The number of alkyl halides is 6. The molecule has 1 saturated heterocycles. The van der Waals surface area contributed by atoms with E-state index in [1.54, 1.807) is 35.4 Å². The van der Waals surface area contributed by atoms with Crippen LogP contribution >= 0.6 is 24.8 Å². The van der Waals surface area contributed by atoms with E-state index in [1.165, 1.54) is 113 Å². The Morgan fingerprint density at radius 3 is 1.15 bits per heavy atom. The summed E-state index contributed by atoms with van der Waals surface area (Å²) in [7, 11) is 0. The third-order valence-electron chi connectivity index (χ3n) is 13.3. The van der Waals surface area contributed by atoms with E-state index in [0.29, 0.717) is 19.2 Å². The van der Waals surface area contributed by atoms with Crippen molar-refractivity contribution >= 4 is 37.0 Å². The van der Waals surface area contributed by atoms with Gasteiger partial charge in [0.05, 0.1) is 0 Å². The Kier molecular flexibility index (Phi) is 11.0. The van der Waals surface area contributed by atoms with Gasteiger partial charge in [0.1, 0.15) is 0 Å². The second kappa shape index (κ2) is 15.0. The summed E-state index contributed by atoms with van der Waals surface area (Å²) < 4.78 is 84.6. The van der Waals surface area contributed by atoms with Crippen molar-refractivity contribution in [2.24, 2.45) is 11.8 Å². The van der Waals surface area contributed by atoms with Gasteiger partial charge in [0.15, 0.2) is 0 Å². The Bertz CT molecular complexity index is 1920. The van der Waals surface area contributed by atoms with Crippen LogP contribution < -0.4 is 0 Å². The zero-order valence-electron chi connectivity index (χ0n) is 29.9. The fraction of sp³-hybridized carbons (Fsp3) is 0.378.